The summed E-state index contributed by atoms with van der Waals surface area (Å²) in [7, 11) is 0. The maximum atomic E-state index is 12.2. The average molecular weight is 314 g/mol. The molecule has 1 aliphatic heterocycles. The van der Waals surface area contributed by atoms with Gasteiger partial charge in [0, 0.05) is 18.5 Å². The number of carbonyl (C=O) groups excluding carboxylic acids is 1. The van der Waals surface area contributed by atoms with Gasteiger partial charge >= 0.3 is 6.03 Å². The molecule has 6 nitrogen and oxygen atoms in total. The minimum Gasteiger partial charge on any atom is -0.471 e. The second-order valence-electron chi connectivity index (χ2n) is 6.85. The van der Waals surface area contributed by atoms with Crippen molar-refractivity contribution in [1.82, 2.24) is 20.2 Å². The molecule has 0 radical (unpaired) electrons. The molecule has 0 saturated carbocycles. The standard InChI is InChI=1S/C17H22N4O2/c1-17(2,3)20-16(22)21-9-8-12(11-21)23-15-10-18-13-6-4-5-7-14(13)19-15/h4-7,10,12H,8-9,11H2,1-3H3,(H,20,22). The molecule has 1 N–H and O–H groups in total. The van der Waals surface area contributed by atoms with Gasteiger partial charge in [-0.05, 0) is 32.9 Å². The van der Waals surface area contributed by atoms with E-state index < -0.39 is 0 Å². The topological polar surface area (TPSA) is 67.4 Å². The molecule has 1 fully saturated rings. The predicted octanol–water partition coefficient (Wildman–Crippen LogP) is 2.59. The average Bonchev–Trinajstić information content (AvgIpc) is 2.94. The number of urea groups is 1. The van der Waals surface area contributed by atoms with Crippen LogP contribution in [0.3, 0.4) is 0 Å². The van der Waals surface area contributed by atoms with Crippen LogP contribution in [0.1, 0.15) is 27.2 Å². The molecule has 1 aliphatic rings. The van der Waals surface area contributed by atoms with Gasteiger partial charge in [0.05, 0.1) is 23.8 Å². The number of ether oxygens (including phenoxy) is 1. The van der Waals surface area contributed by atoms with E-state index >= 15 is 0 Å². The molecule has 1 atom stereocenters. The highest BCUT2D eigenvalue weighted by molar-refractivity contribution is 5.75. The van der Waals surface area contributed by atoms with E-state index in [1.165, 1.54) is 0 Å². The summed E-state index contributed by atoms with van der Waals surface area (Å²) in [5, 5.41) is 2.97. The third kappa shape index (κ3) is 3.88. The van der Waals surface area contributed by atoms with Gasteiger partial charge in [0.1, 0.15) is 6.10 Å². The Morgan fingerprint density at radius 3 is 2.78 bits per heavy atom. The summed E-state index contributed by atoms with van der Waals surface area (Å²) in [6.07, 6.45) is 2.39. The maximum absolute atomic E-state index is 12.2. The second kappa shape index (κ2) is 6.02. The molecule has 1 aromatic heterocycles. The molecule has 0 aliphatic carbocycles. The van der Waals surface area contributed by atoms with Gasteiger partial charge in [-0.15, -0.1) is 0 Å². The number of para-hydroxylation sites is 2. The zero-order valence-corrected chi connectivity index (χ0v) is 13.7. The van der Waals surface area contributed by atoms with Crippen molar-refractivity contribution in [1.29, 1.82) is 0 Å². The zero-order chi connectivity index (χ0) is 16.4. The lowest BCUT2D eigenvalue weighted by Crippen LogP contribution is -2.48. The number of carbonyl (C=O) groups is 1. The maximum Gasteiger partial charge on any atom is 0.317 e. The number of nitrogens with zero attached hydrogens (tertiary/aromatic N) is 3. The van der Waals surface area contributed by atoms with Crippen LogP contribution in [-0.2, 0) is 0 Å². The Morgan fingerprint density at radius 2 is 2.04 bits per heavy atom. The molecule has 2 amide bonds. The van der Waals surface area contributed by atoms with Crippen LogP contribution in [0.15, 0.2) is 30.5 Å². The van der Waals surface area contributed by atoms with Gasteiger partial charge < -0.3 is 15.0 Å². The number of rotatable bonds is 2. The summed E-state index contributed by atoms with van der Waals surface area (Å²) >= 11 is 0. The molecule has 1 aromatic carbocycles. The molecular weight excluding hydrogens is 292 g/mol. The molecule has 3 rings (SSSR count). The van der Waals surface area contributed by atoms with Crippen LogP contribution >= 0.6 is 0 Å². The van der Waals surface area contributed by atoms with Crippen molar-refractivity contribution < 1.29 is 9.53 Å². The quantitative estimate of drug-likeness (QED) is 0.925. The van der Waals surface area contributed by atoms with Crippen LogP contribution in [0.5, 0.6) is 5.88 Å². The molecule has 2 aromatic rings. The molecule has 6 heteroatoms. The Hall–Kier alpha value is -2.37. The molecule has 1 unspecified atom stereocenters. The number of fused-ring (bicyclic) bond motifs is 1. The highest BCUT2D eigenvalue weighted by atomic mass is 16.5. The lowest BCUT2D eigenvalue weighted by atomic mass is 10.1. The first kappa shape index (κ1) is 15.5. The summed E-state index contributed by atoms with van der Waals surface area (Å²) in [4.78, 5) is 22.8. The second-order valence-corrected chi connectivity index (χ2v) is 6.85. The fraction of sp³-hybridized carbons (Fsp3) is 0.471. The van der Waals surface area contributed by atoms with Gasteiger partial charge in [0.25, 0.3) is 0 Å². The van der Waals surface area contributed by atoms with Gasteiger partial charge in [-0.2, -0.15) is 0 Å². The SMILES string of the molecule is CC(C)(C)NC(=O)N1CCC(Oc2cnc3ccccc3n2)C1. The Bertz CT molecular complexity index is 711. The smallest absolute Gasteiger partial charge is 0.317 e. The van der Waals surface area contributed by atoms with Crippen LogP contribution in [0, 0.1) is 0 Å². The first-order valence-corrected chi connectivity index (χ1v) is 7.86. The van der Waals surface area contributed by atoms with Gasteiger partial charge in [-0.1, -0.05) is 12.1 Å². The number of hydrogen-bond acceptors (Lipinski definition) is 4. The van der Waals surface area contributed by atoms with E-state index in [4.69, 9.17) is 4.74 Å². The fourth-order valence-corrected chi connectivity index (χ4v) is 2.58. The van der Waals surface area contributed by atoms with Crippen LogP contribution in [0.25, 0.3) is 11.0 Å². The van der Waals surface area contributed by atoms with Crippen molar-refractivity contribution >= 4 is 17.1 Å². The minimum atomic E-state index is -0.236. The zero-order valence-electron chi connectivity index (χ0n) is 13.7. The van der Waals surface area contributed by atoms with Crippen molar-refractivity contribution in [3.8, 4) is 5.88 Å². The number of nitrogens with one attached hydrogen (secondary N) is 1. The summed E-state index contributed by atoms with van der Waals surface area (Å²) in [5.74, 6) is 0.506. The third-order valence-corrected chi connectivity index (χ3v) is 3.63. The Balaban J connectivity index is 1.61. The molecule has 122 valence electrons. The van der Waals surface area contributed by atoms with Gasteiger partial charge in [-0.25, -0.2) is 14.8 Å². The van der Waals surface area contributed by atoms with Crippen molar-refractivity contribution in [3.63, 3.8) is 0 Å². The summed E-state index contributed by atoms with van der Waals surface area (Å²) in [6, 6.07) is 7.63. The normalized spacial score (nSPS) is 18.2. The van der Waals surface area contributed by atoms with Gasteiger partial charge in [-0.3, -0.25) is 0 Å². The molecule has 0 bridgehead atoms. The van der Waals surface area contributed by atoms with Crippen molar-refractivity contribution in [3.05, 3.63) is 30.5 Å². The third-order valence-electron chi connectivity index (χ3n) is 3.63. The Labute approximate surface area is 135 Å². The predicted molar refractivity (Wildman–Crippen MR) is 88.4 cm³/mol. The first-order valence-electron chi connectivity index (χ1n) is 7.86. The van der Waals surface area contributed by atoms with E-state index in [0.29, 0.717) is 19.0 Å². The Morgan fingerprint density at radius 1 is 1.30 bits per heavy atom. The first-order chi connectivity index (χ1) is 10.9. The van der Waals surface area contributed by atoms with Gasteiger partial charge in [0.15, 0.2) is 0 Å². The van der Waals surface area contributed by atoms with E-state index in [1.54, 1.807) is 11.1 Å². The monoisotopic (exact) mass is 314 g/mol. The highest BCUT2D eigenvalue weighted by Crippen LogP contribution is 2.19. The Kier molecular flexibility index (Phi) is 4.07. The van der Waals surface area contributed by atoms with E-state index in [2.05, 4.69) is 15.3 Å². The van der Waals surface area contributed by atoms with E-state index in [1.807, 2.05) is 45.0 Å². The summed E-state index contributed by atoms with van der Waals surface area (Å²) < 4.78 is 5.90. The van der Waals surface area contributed by atoms with Crippen LogP contribution in [0.2, 0.25) is 0 Å². The number of benzene rings is 1. The van der Waals surface area contributed by atoms with Crippen LogP contribution in [-0.4, -0.2) is 45.6 Å². The summed E-state index contributed by atoms with van der Waals surface area (Å²) in [6.45, 7) is 7.17. The van der Waals surface area contributed by atoms with E-state index in [-0.39, 0.29) is 17.7 Å². The van der Waals surface area contributed by atoms with Crippen molar-refractivity contribution in [2.24, 2.45) is 0 Å². The lowest BCUT2D eigenvalue weighted by Gasteiger charge is -2.25. The highest BCUT2D eigenvalue weighted by Gasteiger charge is 2.29. The molecule has 23 heavy (non-hydrogen) atoms. The molecular formula is C17H22N4O2. The van der Waals surface area contributed by atoms with Crippen molar-refractivity contribution in [2.45, 2.75) is 38.8 Å². The number of amides is 2. The largest absolute Gasteiger partial charge is 0.471 e. The lowest BCUT2D eigenvalue weighted by molar-refractivity contribution is 0.178. The van der Waals surface area contributed by atoms with Crippen molar-refractivity contribution in [2.75, 3.05) is 13.1 Å². The number of likely N-dealkylation sites (tertiary alicyclic amines) is 1. The molecule has 1 saturated heterocycles. The number of hydrogen-bond donors (Lipinski definition) is 1. The van der Waals surface area contributed by atoms with Crippen LogP contribution in [0.4, 0.5) is 4.79 Å². The van der Waals surface area contributed by atoms with E-state index in [9.17, 15) is 4.79 Å². The fourth-order valence-electron chi connectivity index (χ4n) is 2.58. The molecule has 2 heterocycles. The van der Waals surface area contributed by atoms with E-state index in [0.717, 1.165) is 17.5 Å². The number of aromatic nitrogens is 2. The minimum absolute atomic E-state index is 0.0452. The summed E-state index contributed by atoms with van der Waals surface area (Å²) in [5.41, 5.74) is 1.42. The van der Waals surface area contributed by atoms with Crippen LogP contribution < -0.4 is 10.1 Å². The van der Waals surface area contributed by atoms with Gasteiger partial charge in [0.2, 0.25) is 5.88 Å². The molecule has 0 spiro atoms.